The summed E-state index contributed by atoms with van der Waals surface area (Å²) in [5.74, 6) is -0.936. The Hall–Kier alpha value is -1.44. The molecule has 0 radical (unpaired) electrons. The second kappa shape index (κ2) is 5.16. The molecule has 0 aliphatic carbocycles. The monoisotopic (exact) mass is 384 g/mol. The van der Waals surface area contributed by atoms with E-state index in [1.807, 2.05) is 22.6 Å². The maximum atomic E-state index is 12.5. The molecule has 1 aromatic rings. The SMILES string of the molecule is O=C1NCCCCC1N1C(=O)c2cccc(I)c2C1=O. The molecule has 1 fully saturated rings. The van der Waals surface area contributed by atoms with Crippen molar-refractivity contribution in [3.05, 3.63) is 32.9 Å². The van der Waals surface area contributed by atoms with Crippen LogP contribution in [0.1, 0.15) is 40.0 Å². The van der Waals surface area contributed by atoms with Gasteiger partial charge in [-0.15, -0.1) is 0 Å². The van der Waals surface area contributed by atoms with Crippen LogP contribution < -0.4 is 5.32 Å². The molecule has 5 nitrogen and oxygen atoms in total. The van der Waals surface area contributed by atoms with Crippen LogP contribution in [0.25, 0.3) is 0 Å². The highest BCUT2D eigenvalue weighted by molar-refractivity contribution is 14.1. The van der Waals surface area contributed by atoms with Crippen molar-refractivity contribution in [2.45, 2.75) is 25.3 Å². The summed E-state index contributed by atoms with van der Waals surface area (Å²) >= 11 is 2.04. The minimum atomic E-state index is -0.680. The first-order valence-electron chi connectivity index (χ1n) is 6.55. The van der Waals surface area contributed by atoms with E-state index in [2.05, 4.69) is 5.32 Å². The lowest BCUT2D eigenvalue weighted by Gasteiger charge is -2.23. The Morgan fingerprint density at radius 3 is 2.70 bits per heavy atom. The molecular formula is C14H13IN2O3. The molecule has 1 saturated heterocycles. The zero-order valence-corrected chi connectivity index (χ0v) is 12.8. The van der Waals surface area contributed by atoms with Gasteiger partial charge in [0, 0.05) is 10.1 Å². The van der Waals surface area contributed by atoms with E-state index in [1.165, 1.54) is 0 Å². The molecule has 0 saturated carbocycles. The highest BCUT2D eigenvalue weighted by atomic mass is 127. The van der Waals surface area contributed by atoms with Crippen molar-refractivity contribution in [3.8, 4) is 0 Å². The second-order valence-corrected chi connectivity index (χ2v) is 6.11. The molecule has 1 N–H and O–H groups in total. The van der Waals surface area contributed by atoms with Gasteiger partial charge in [-0.2, -0.15) is 0 Å². The van der Waals surface area contributed by atoms with E-state index >= 15 is 0 Å². The third-order valence-electron chi connectivity index (χ3n) is 3.71. The first-order chi connectivity index (χ1) is 9.61. The van der Waals surface area contributed by atoms with Crippen LogP contribution in [-0.2, 0) is 4.79 Å². The van der Waals surface area contributed by atoms with Crippen molar-refractivity contribution in [2.24, 2.45) is 0 Å². The van der Waals surface area contributed by atoms with E-state index in [0.717, 1.165) is 21.3 Å². The average Bonchev–Trinajstić information content (AvgIpc) is 2.57. The molecule has 0 bridgehead atoms. The average molecular weight is 384 g/mol. The van der Waals surface area contributed by atoms with E-state index in [-0.39, 0.29) is 17.7 Å². The fourth-order valence-corrected chi connectivity index (χ4v) is 3.44. The van der Waals surface area contributed by atoms with Crippen molar-refractivity contribution in [1.29, 1.82) is 0 Å². The lowest BCUT2D eigenvalue weighted by molar-refractivity contribution is -0.124. The van der Waals surface area contributed by atoms with Crippen LogP contribution in [-0.4, -0.2) is 35.2 Å². The smallest absolute Gasteiger partial charge is 0.263 e. The van der Waals surface area contributed by atoms with Crippen LogP contribution in [0, 0.1) is 3.57 Å². The third kappa shape index (κ3) is 2.02. The molecule has 20 heavy (non-hydrogen) atoms. The number of halogens is 1. The molecular weight excluding hydrogens is 371 g/mol. The maximum absolute atomic E-state index is 12.5. The van der Waals surface area contributed by atoms with Gasteiger partial charge < -0.3 is 5.32 Å². The van der Waals surface area contributed by atoms with Gasteiger partial charge in [0.05, 0.1) is 11.1 Å². The zero-order chi connectivity index (χ0) is 14.3. The summed E-state index contributed by atoms with van der Waals surface area (Å²) in [5, 5.41) is 2.77. The minimum absolute atomic E-state index is 0.230. The van der Waals surface area contributed by atoms with Gasteiger partial charge in [-0.05, 0) is 54.0 Å². The van der Waals surface area contributed by atoms with Crippen LogP contribution >= 0.6 is 22.6 Å². The van der Waals surface area contributed by atoms with Crippen molar-refractivity contribution >= 4 is 40.3 Å². The summed E-state index contributed by atoms with van der Waals surface area (Å²) < 4.78 is 0.745. The van der Waals surface area contributed by atoms with Gasteiger partial charge in [-0.3, -0.25) is 19.3 Å². The van der Waals surface area contributed by atoms with Crippen molar-refractivity contribution in [2.75, 3.05) is 6.54 Å². The lowest BCUT2D eigenvalue weighted by atomic mass is 10.1. The van der Waals surface area contributed by atoms with Crippen LogP contribution in [0.4, 0.5) is 0 Å². The third-order valence-corrected chi connectivity index (χ3v) is 4.61. The number of hydrogen-bond donors (Lipinski definition) is 1. The molecule has 6 heteroatoms. The normalized spacial score (nSPS) is 22.6. The van der Waals surface area contributed by atoms with Crippen LogP contribution in [0.3, 0.4) is 0 Å². The molecule has 2 aliphatic heterocycles. The summed E-state index contributed by atoms with van der Waals surface area (Å²) in [6, 6.07) is 4.51. The Morgan fingerprint density at radius 2 is 1.95 bits per heavy atom. The fourth-order valence-electron chi connectivity index (χ4n) is 2.71. The number of imide groups is 1. The Kier molecular flexibility index (Phi) is 3.49. The van der Waals surface area contributed by atoms with E-state index in [4.69, 9.17) is 0 Å². The quantitative estimate of drug-likeness (QED) is 0.591. The highest BCUT2D eigenvalue weighted by Crippen LogP contribution is 2.30. The second-order valence-electron chi connectivity index (χ2n) is 4.95. The van der Waals surface area contributed by atoms with Gasteiger partial charge in [0.25, 0.3) is 11.8 Å². The molecule has 2 aliphatic rings. The predicted octanol–water partition coefficient (Wildman–Crippen LogP) is 1.56. The van der Waals surface area contributed by atoms with E-state index in [1.54, 1.807) is 18.2 Å². The fraction of sp³-hybridized carbons (Fsp3) is 0.357. The van der Waals surface area contributed by atoms with Gasteiger partial charge in [0.15, 0.2) is 0 Å². The molecule has 1 unspecified atom stereocenters. The van der Waals surface area contributed by atoms with E-state index < -0.39 is 6.04 Å². The molecule has 104 valence electrons. The molecule has 2 heterocycles. The molecule has 1 atom stereocenters. The van der Waals surface area contributed by atoms with E-state index in [9.17, 15) is 14.4 Å². The first kappa shape index (κ1) is 13.5. The van der Waals surface area contributed by atoms with Crippen molar-refractivity contribution < 1.29 is 14.4 Å². The Morgan fingerprint density at radius 1 is 1.15 bits per heavy atom. The molecule has 3 amide bonds. The molecule has 0 aromatic heterocycles. The van der Waals surface area contributed by atoms with Gasteiger partial charge >= 0.3 is 0 Å². The molecule has 0 spiro atoms. The molecule has 3 rings (SSSR count). The van der Waals surface area contributed by atoms with Crippen molar-refractivity contribution in [3.63, 3.8) is 0 Å². The lowest BCUT2D eigenvalue weighted by Crippen LogP contribution is -2.48. The van der Waals surface area contributed by atoms with Gasteiger partial charge in [0.1, 0.15) is 6.04 Å². The maximum Gasteiger partial charge on any atom is 0.263 e. The van der Waals surface area contributed by atoms with Gasteiger partial charge in [0.2, 0.25) is 5.91 Å². The largest absolute Gasteiger partial charge is 0.354 e. The number of rotatable bonds is 1. The van der Waals surface area contributed by atoms with Crippen LogP contribution in [0.15, 0.2) is 18.2 Å². The summed E-state index contributed by atoms with van der Waals surface area (Å²) in [5.41, 5.74) is 0.828. The Bertz CT molecular complexity index is 614. The number of amides is 3. The van der Waals surface area contributed by atoms with Gasteiger partial charge in [-0.1, -0.05) is 6.07 Å². The van der Waals surface area contributed by atoms with Crippen LogP contribution in [0.2, 0.25) is 0 Å². The number of benzene rings is 1. The van der Waals surface area contributed by atoms with Crippen molar-refractivity contribution in [1.82, 2.24) is 10.2 Å². The Balaban J connectivity index is 2.01. The van der Waals surface area contributed by atoms with E-state index in [0.29, 0.717) is 24.1 Å². The predicted molar refractivity (Wildman–Crippen MR) is 80.3 cm³/mol. The summed E-state index contributed by atoms with van der Waals surface area (Å²) in [7, 11) is 0. The minimum Gasteiger partial charge on any atom is -0.354 e. The molecule has 1 aromatic carbocycles. The summed E-state index contributed by atoms with van der Waals surface area (Å²) in [4.78, 5) is 38.1. The standard InChI is InChI=1S/C14H13IN2O3/c15-9-5-3-4-8-11(9)14(20)17(13(8)19)10-6-1-2-7-16-12(10)18/h3-5,10H,1-2,6-7H2,(H,16,18). The highest BCUT2D eigenvalue weighted by Gasteiger charge is 2.43. The number of nitrogens with zero attached hydrogens (tertiary/aromatic N) is 1. The number of nitrogens with one attached hydrogen (secondary N) is 1. The van der Waals surface area contributed by atoms with Gasteiger partial charge in [-0.25, -0.2) is 0 Å². The topological polar surface area (TPSA) is 66.5 Å². The van der Waals surface area contributed by atoms with Crippen LogP contribution in [0.5, 0.6) is 0 Å². The number of carbonyl (C=O) groups excluding carboxylic acids is 3. The number of fused-ring (bicyclic) bond motifs is 1. The Labute approximate surface area is 129 Å². The summed E-state index contributed by atoms with van der Waals surface area (Å²) in [6.45, 7) is 0.607. The summed E-state index contributed by atoms with van der Waals surface area (Å²) in [6.07, 6.45) is 2.24. The number of hydrogen-bond acceptors (Lipinski definition) is 3. The zero-order valence-electron chi connectivity index (χ0n) is 10.7. The number of carbonyl (C=O) groups is 3. The first-order valence-corrected chi connectivity index (χ1v) is 7.63.